The fourth-order valence-corrected chi connectivity index (χ4v) is 2.13. The number of unbranched alkanes of at least 4 members (excludes halogenated alkanes) is 2. The van der Waals surface area contributed by atoms with Crippen molar-refractivity contribution in [3.05, 3.63) is 12.2 Å². The van der Waals surface area contributed by atoms with Crippen LogP contribution in [-0.2, 0) is 19.2 Å². The summed E-state index contributed by atoms with van der Waals surface area (Å²) in [5, 5.41) is 5.27. The fraction of sp³-hybridized carbons (Fsp3) is 0.647. The first kappa shape index (κ1) is 21.8. The molecular weight excluding hydrogens is 310 g/mol. The molecule has 7 nitrogen and oxygen atoms in total. The van der Waals surface area contributed by atoms with Crippen LogP contribution in [0, 0.1) is 5.92 Å². The lowest BCUT2D eigenvalue weighted by molar-refractivity contribution is -0.134. The third-order valence-electron chi connectivity index (χ3n) is 3.53. The Bertz CT molecular complexity index is 461. The largest absolute Gasteiger partial charge is 0.357 e. The lowest BCUT2D eigenvalue weighted by atomic mass is 10.0. The van der Waals surface area contributed by atoms with Crippen molar-refractivity contribution in [3.63, 3.8) is 0 Å². The Labute approximate surface area is 143 Å². The summed E-state index contributed by atoms with van der Waals surface area (Å²) >= 11 is 0. The summed E-state index contributed by atoms with van der Waals surface area (Å²) in [4.78, 5) is 47.1. The van der Waals surface area contributed by atoms with E-state index in [1.54, 1.807) is 13.0 Å². The van der Waals surface area contributed by atoms with Gasteiger partial charge in [-0.25, -0.2) is 0 Å². The van der Waals surface area contributed by atoms with Crippen LogP contribution in [-0.4, -0.2) is 48.7 Å². The molecule has 0 aliphatic rings. The van der Waals surface area contributed by atoms with Crippen molar-refractivity contribution in [2.75, 3.05) is 13.6 Å². The van der Waals surface area contributed by atoms with Crippen LogP contribution in [0.5, 0.6) is 0 Å². The van der Waals surface area contributed by atoms with Gasteiger partial charge in [0.1, 0.15) is 6.04 Å². The maximum Gasteiger partial charge on any atom is 0.252 e. The summed E-state index contributed by atoms with van der Waals surface area (Å²) in [6.07, 6.45) is 5.74. The first-order valence-corrected chi connectivity index (χ1v) is 8.26. The Kier molecular flexibility index (Phi) is 11.2. The number of rotatable bonds is 11. The van der Waals surface area contributed by atoms with Gasteiger partial charge in [-0.2, -0.15) is 0 Å². The van der Waals surface area contributed by atoms with Crippen LogP contribution >= 0.6 is 0 Å². The highest BCUT2D eigenvalue weighted by molar-refractivity contribution is 5.94. The first-order chi connectivity index (χ1) is 11.4. The number of nitrogens with one attached hydrogen (secondary N) is 2. The summed E-state index contributed by atoms with van der Waals surface area (Å²) in [5.41, 5.74) is 0. The molecule has 7 heteroatoms. The molecule has 4 amide bonds. The van der Waals surface area contributed by atoms with Gasteiger partial charge in [-0.3, -0.25) is 24.1 Å². The molecule has 0 aliphatic heterocycles. The predicted octanol–water partition coefficient (Wildman–Crippen LogP) is 0.995. The van der Waals surface area contributed by atoms with Gasteiger partial charge in [-0.05, 0) is 31.8 Å². The van der Waals surface area contributed by atoms with Gasteiger partial charge in [0, 0.05) is 20.0 Å². The minimum absolute atomic E-state index is 0.00711. The summed E-state index contributed by atoms with van der Waals surface area (Å²) in [6.45, 7) is 5.79. The first-order valence-electron chi connectivity index (χ1n) is 8.26. The maximum absolute atomic E-state index is 11.9. The van der Waals surface area contributed by atoms with Crippen LogP contribution in [0.1, 0.15) is 46.5 Å². The second-order valence-electron chi connectivity index (χ2n) is 5.85. The number of nitrogens with zero attached hydrogens (tertiary/aromatic N) is 1. The molecule has 2 N–H and O–H groups in total. The van der Waals surface area contributed by atoms with E-state index in [2.05, 4.69) is 10.6 Å². The van der Waals surface area contributed by atoms with E-state index in [0.29, 0.717) is 38.6 Å². The minimum atomic E-state index is -0.536. The third-order valence-corrected chi connectivity index (χ3v) is 3.53. The minimum Gasteiger partial charge on any atom is -0.357 e. The summed E-state index contributed by atoms with van der Waals surface area (Å²) in [7, 11) is 1.54. The predicted molar refractivity (Wildman–Crippen MR) is 91.9 cm³/mol. The number of carbonyl (C=O) groups excluding carboxylic acids is 4. The Hall–Kier alpha value is -2.18. The average Bonchev–Trinajstić information content (AvgIpc) is 2.55. The molecule has 0 aromatic carbocycles. The van der Waals surface area contributed by atoms with Crippen LogP contribution in [0.25, 0.3) is 0 Å². The van der Waals surface area contributed by atoms with Crippen LogP contribution in [0.3, 0.4) is 0 Å². The molecule has 1 atom stereocenters. The summed E-state index contributed by atoms with van der Waals surface area (Å²) in [6, 6.07) is -0.536. The number of likely N-dealkylation sites (N-methyl/N-ethyl adjacent to an activating group) is 1. The van der Waals surface area contributed by atoms with Crippen LogP contribution < -0.4 is 10.6 Å². The maximum atomic E-state index is 11.9. The van der Waals surface area contributed by atoms with E-state index >= 15 is 0 Å². The molecule has 24 heavy (non-hydrogen) atoms. The van der Waals surface area contributed by atoms with Gasteiger partial charge in [0.05, 0.1) is 0 Å². The Morgan fingerprint density at radius 1 is 1.12 bits per heavy atom. The number of allylic oxidation sites excluding steroid dienone is 1. The van der Waals surface area contributed by atoms with Crippen molar-refractivity contribution in [2.45, 2.75) is 52.5 Å². The SMILES string of the molecule is C/C=C\C(=O)N(C=O)CCCCCC(=O)NC(C(=O)NC)C(C)C. The smallest absolute Gasteiger partial charge is 0.252 e. The molecule has 0 rings (SSSR count). The van der Waals surface area contributed by atoms with E-state index in [-0.39, 0.29) is 23.6 Å². The zero-order chi connectivity index (χ0) is 18.5. The number of imide groups is 1. The van der Waals surface area contributed by atoms with Crippen molar-refractivity contribution in [1.29, 1.82) is 0 Å². The van der Waals surface area contributed by atoms with Crippen LogP contribution in [0.2, 0.25) is 0 Å². The Balaban J connectivity index is 4.10. The molecule has 0 spiro atoms. The molecule has 136 valence electrons. The molecule has 0 aromatic heterocycles. The van der Waals surface area contributed by atoms with Crippen molar-refractivity contribution in [2.24, 2.45) is 5.92 Å². The zero-order valence-electron chi connectivity index (χ0n) is 15.0. The highest BCUT2D eigenvalue weighted by Gasteiger charge is 2.22. The quantitative estimate of drug-likeness (QED) is 0.333. The molecule has 0 aliphatic carbocycles. The van der Waals surface area contributed by atoms with Gasteiger partial charge in [-0.15, -0.1) is 0 Å². The van der Waals surface area contributed by atoms with Gasteiger partial charge < -0.3 is 10.6 Å². The topological polar surface area (TPSA) is 95.6 Å². The highest BCUT2D eigenvalue weighted by atomic mass is 16.2. The summed E-state index contributed by atoms with van der Waals surface area (Å²) < 4.78 is 0. The average molecular weight is 339 g/mol. The lowest BCUT2D eigenvalue weighted by Crippen LogP contribution is -2.48. The number of amides is 4. The van der Waals surface area contributed by atoms with E-state index in [1.807, 2.05) is 13.8 Å². The van der Waals surface area contributed by atoms with Crippen molar-refractivity contribution in [1.82, 2.24) is 15.5 Å². The van der Waals surface area contributed by atoms with Crippen molar-refractivity contribution >= 4 is 24.1 Å². The van der Waals surface area contributed by atoms with Gasteiger partial charge in [0.15, 0.2) is 0 Å². The van der Waals surface area contributed by atoms with E-state index in [4.69, 9.17) is 0 Å². The van der Waals surface area contributed by atoms with E-state index < -0.39 is 6.04 Å². The van der Waals surface area contributed by atoms with Gasteiger partial charge in [-0.1, -0.05) is 26.3 Å². The lowest BCUT2D eigenvalue weighted by Gasteiger charge is -2.20. The zero-order valence-corrected chi connectivity index (χ0v) is 15.0. The number of hydrogen-bond acceptors (Lipinski definition) is 4. The molecule has 0 heterocycles. The molecule has 0 saturated heterocycles. The summed E-state index contributed by atoms with van der Waals surface area (Å²) in [5.74, 6) is -0.708. The van der Waals surface area contributed by atoms with Gasteiger partial charge in [0.2, 0.25) is 18.2 Å². The molecule has 0 aromatic rings. The molecule has 0 radical (unpaired) electrons. The van der Waals surface area contributed by atoms with Gasteiger partial charge >= 0.3 is 0 Å². The standard InChI is InChI=1S/C17H29N3O4/c1-5-9-15(23)20(12-21)11-8-6-7-10-14(22)19-16(13(2)3)17(24)18-4/h5,9,12-13,16H,6-8,10-11H2,1-4H3,(H,18,24)(H,19,22)/b9-5-. The molecular formula is C17H29N3O4. The highest BCUT2D eigenvalue weighted by Crippen LogP contribution is 2.05. The normalized spacial score (nSPS) is 12.0. The van der Waals surface area contributed by atoms with Gasteiger partial charge in [0.25, 0.3) is 5.91 Å². The molecule has 0 bridgehead atoms. The Morgan fingerprint density at radius 3 is 2.29 bits per heavy atom. The van der Waals surface area contributed by atoms with Crippen LogP contribution in [0.4, 0.5) is 0 Å². The molecule has 0 fully saturated rings. The van der Waals surface area contributed by atoms with E-state index in [0.717, 1.165) is 4.90 Å². The third kappa shape index (κ3) is 8.45. The monoisotopic (exact) mass is 339 g/mol. The number of hydrogen-bond donors (Lipinski definition) is 2. The fourth-order valence-electron chi connectivity index (χ4n) is 2.13. The van der Waals surface area contributed by atoms with E-state index in [1.165, 1.54) is 13.1 Å². The number of carbonyl (C=O) groups is 4. The second kappa shape index (κ2) is 12.3. The van der Waals surface area contributed by atoms with Crippen molar-refractivity contribution in [3.8, 4) is 0 Å². The second-order valence-corrected chi connectivity index (χ2v) is 5.85. The van der Waals surface area contributed by atoms with Crippen LogP contribution in [0.15, 0.2) is 12.2 Å². The van der Waals surface area contributed by atoms with E-state index in [9.17, 15) is 19.2 Å². The molecule has 0 saturated carbocycles. The van der Waals surface area contributed by atoms with Crippen molar-refractivity contribution < 1.29 is 19.2 Å². The Morgan fingerprint density at radius 2 is 1.79 bits per heavy atom. The molecule has 1 unspecified atom stereocenters.